The molecule has 0 bridgehead atoms. The van der Waals surface area contributed by atoms with Crippen molar-refractivity contribution in [2.24, 2.45) is 10.2 Å². The van der Waals surface area contributed by atoms with Crippen LogP contribution in [-0.2, 0) is 9.59 Å². The Morgan fingerprint density at radius 3 is 1.59 bits per heavy atom. The van der Waals surface area contributed by atoms with Gasteiger partial charge in [0.15, 0.2) is 0 Å². The largest absolute Gasteiger partial charge is 0.358 e. The van der Waals surface area contributed by atoms with Gasteiger partial charge in [0.25, 0.3) is 0 Å². The van der Waals surface area contributed by atoms with Crippen LogP contribution >= 0.6 is 0 Å². The van der Waals surface area contributed by atoms with Crippen LogP contribution in [0.5, 0.6) is 0 Å². The van der Waals surface area contributed by atoms with Gasteiger partial charge in [-0.1, -0.05) is 36.4 Å². The lowest BCUT2D eigenvalue weighted by Gasteiger charge is -2.00. The van der Waals surface area contributed by atoms with Gasteiger partial charge in [-0.05, 0) is 26.0 Å². The first-order valence-electron chi connectivity index (χ1n) is 10.3. The molecule has 0 unspecified atom stereocenters. The molecular weight excluding hydrogens is 404 g/mol. The van der Waals surface area contributed by atoms with Crippen LogP contribution in [0.25, 0.3) is 21.8 Å². The predicted octanol–water partition coefficient (Wildman–Crippen LogP) is 3.65. The average Bonchev–Trinajstić information content (AvgIpc) is 3.28. The lowest BCUT2D eigenvalue weighted by Crippen LogP contribution is -2.22. The zero-order chi connectivity index (χ0) is 22.5. The van der Waals surface area contributed by atoms with Gasteiger partial charge in [0, 0.05) is 57.2 Å². The molecule has 4 N–H and O–H groups in total. The van der Waals surface area contributed by atoms with Crippen LogP contribution in [0, 0.1) is 13.8 Å². The predicted molar refractivity (Wildman–Crippen MR) is 127 cm³/mol. The van der Waals surface area contributed by atoms with E-state index in [1.165, 1.54) is 0 Å². The quantitative estimate of drug-likeness (QED) is 0.266. The molecule has 8 nitrogen and oxygen atoms in total. The number of amides is 2. The maximum atomic E-state index is 12.0. The number of carbonyl (C=O) groups is 2. The Morgan fingerprint density at radius 1 is 0.750 bits per heavy atom. The minimum absolute atomic E-state index is 0.0116. The van der Waals surface area contributed by atoms with Crippen molar-refractivity contribution in [1.29, 1.82) is 0 Å². The Balaban J connectivity index is 1.26. The molecule has 32 heavy (non-hydrogen) atoms. The maximum absolute atomic E-state index is 12.0. The lowest BCUT2D eigenvalue weighted by atomic mass is 10.1. The van der Waals surface area contributed by atoms with Gasteiger partial charge in [-0.2, -0.15) is 10.2 Å². The molecule has 4 aromatic rings. The fraction of sp³-hybridized carbons (Fsp3) is 0.167. The van der Waals surface area contributed by atoms with E-state index in [9.17, 15) is 9.59 Å². The van der Waals surface area contributed by atoms with Crippen LogP contribution in [0.2, 0.25) is 0 Å². The third-order valence-electron chi connectivity index (χ3n) is 5.23. The van der Waals surface area contributed by atoms with E-state index in [1.54, 1.807) is 12.4 Å². The van der Waals surface area contributed by atoms with Crippen molar-refractivity contribution < 1.29 is 9.59 Å². The minimum atomic E-state index is -0.342. The number of rotatable bonds is 7. The van der Waals surface area contributed by atoms with E-state index in [-0.39, 0.29) is 24.7 Å². The SMILES string of the molecule is Cc1[nH]c2ccccc2c1/C=N\NC(=O)CCC(=O)N/N=C/c1c(C)[nH]c2ccccc12. The van der Waals surface area contributed by atoms with Gasteiger partial charge in [0.1, 0.15) is 0 Å². The summed E-state index contributed by atoms with van der Waals surface area (Å²) in [5, 5.41) is 10.1. The number of hydrogen-bond acceptors (Lipinski definition) is 4. The van der Waals surface area contributed by atoms with E-state index in [0.29, 0.717) is 0 Å². The van der Waals surface area contributed by atoms with Crippen molar-refractivity contribution in [2.45, 2.75) is 26.7 Å². The molecule has 162 valence electrons. The first-order chi connectivity index (χ1) is 15.5. The van der Waals surface area contributed by atoms with Crippen molar-refractivity contribution in [2.75, 3.05) is 0 Å². The van der Waals surface area contributed by atoms with E-state index in [0.717, 1.165) is 44.3 Å². The summed E-state index contributed by atoms with van der Waals surface area (Å²) in [4.78, 5) is 30.6. The van der Waals surface area contributed by atoms with E-state index < -0.39 is 0 Å². The van der Waals surface area contributed by atoms with Crippen LogP contribution in [0.3, 0.4) is 0 Å². The van der Waals surface area contributed by atoms with E-state index in [1.807, 2.05) is 62.4 Å². The first kappa shape index (κ1) is 21.0. The summed E-state index contributed by atoms with van der Waals surface area (Å²) < 4.78 is 0. The van der Waals surface area contributed by atoms with Crippen molar-refractivity contribution in [3.8, 4) is 0 Å². The van der Waals surface area contributed by atoms with E-state index in [4.69, 9.17) is 0 Å². The molecule has 0 atom stereocenters. The fourth-order valence-electron chi connectivity index (χ4n) is 3.61. The van der Waals surface area contributed by atoms with Gasteiger partial charge in [0.05, 0.1) is 12.4 Å². The molecular formula is C24H24N6O2. The molecule has 8 heteroatoms. The van der Waals surface area contributed by atoms with Crippen molar-refractivity contribution in [1.82, 2.24) is 20.8 Å². The molecule has 4 rings (SSSR count). The normalized spacial score (nSPS) is 11.7. The molecule has 0 aliphatic heterocycles. The molecule has 2 aromatic carbocycles. The van der Waals surface area contributed by atoms with Crippen LogP contribution in [0.1, 0.15) is 35.4 Å². The standard InChI is InChI=1S/C24H24N6O2/c1-15-19(17-7-3-5-9-21(17)27-15)13-25-29-23(31)11-12-24(32)30-26-14-20-16(2)28-22-10-6-4-8-18(20)22/h3-10,13-14,27-28H,11-12H2,1-2H3,(H,29,31)(H,30,32)/b25-13-,26-14+. The number of hydrazone groups is 2. The smallest absolute Gasteiger partial charge is 0.240 e. The highest BCUT2D eigenvalue weighted by Crippen LogP contribution is 2.20. The molecule has 0 aliphatic carbocycles. The lowest BCUT2D eigenvalue weighted by molar-refractivity contribution is -0.126. The number of H-pyrrole nitrogens is 2. The number of benzene rings is 2. The molecule has 2 aromatic heterocycles. The zero-order valence-electron chi connectivity index (χ0n) is 17.9. The Hall–Kier alpha value is -4.20. The van der Waals surface area contributed by atoms with Crippen molar-refractivity contribution in [3.05, 3.63) is 71.0 Å². The van der Waals surface area contributed by atoms with Gasteiger partial charge < -0.3 is 9.97 Å². The third-order valence-corrected chi connectivity index (χ3v) is 5.23. The monoisotopic (exact) mass is 428 g/mol. The van der Waals surface area contributed by atoms with Crippen LogP contribution in [0.4, 0.5) is 0 Å². The minimum Gasteiger partial charge on any atom is -0.358 e. The first-order valence-corrected chi connectivity index (χ1v) is 10.3. The van der Waals surface area contributed by atoms with Gasteiger partial charge in [-0.25, -0.2) is 10.9 Å². The number of aromatic amines is 2. The molecule has 0 aliphatic rings. The second-order valence-corrected chi connectivity index (χ2v) is 7.50. The second kappa shape index (κ2) is 9.30. The number of aryl methyl sites for hydroxylation is 2. The van der Waals surface area contributed by atoms with Crippen LogP contribution in [-0.4, -0.2) is 34.2 Å². The van der Waals surface area contributed by atoms with Gasteiger partial charge in [0.2, 0.25) is 11.8 Å². The molecule has 0 fully saturated rings. The molecule has 2 amide bonds. The molecule has 0 spiro atoms. The highest BCUT2D eigenvalue weighted by molar-refractivity contribution is 6.01. The number of hydrogen-bond donors (Lipinski definition) is 4. The summed E-state index contributed by atoms with van der Waals surface area (Å²) in [5.41, 5.74) is 10.7. The third kappa shape index (κ3) is 4.59. The van der Waals surface area contributed by atoms with Crippen molar-refractivity contribution in [3.63, 3.8) is 0 Å². The average molecular weight is 428 g/mol. The van der Waals surface area contributed by atoms with Gasteiger partial charge in [-0.15, -0.1) is 0 Å². The molecule has 0 saturated carbocycles. The second-order valence-electron chi connectivity index (χ2n) is 7.50. The summed E-state index contributed by atoms with van der Waals surface area (Å²) in [5.74, 6) is -0.685. The number of para-hydroxylation sites is 2. The van der Waals surface area contributed by atoms with Gasteiger partial charge >= 0.3 is 0 Å². The molecule has 0 saturated heterocycles. The number of fused-ring (bicyclic) bond motifs is 2. The van der Waals surface area contributed by atoms with Crippen molar-refractivity contribution >= 4 is 46.0 Å². The van der Waals surface area contributed by atoms with Crippen LogP contribution < -0.4 is 10.9 Å². The fourth-order valence-corrected chi connectivity index (χ4v) is 3.61. The Morgan fingerprint density at radius 2 is 1.16 bits per heavy atom. The highest BCUT2D eigenvalue weighted by atomic mass is 16.2. The maximum Gasteiger partial charge on any atom is 0.240 e. The summed E-state index contributed by atoms with van der Waals surface area (Å²) in [6.45, 7) is 3.90. The Kier molecular flexibility index (Phi) is 6.12. The number of nitrogens with zero attached hydrogens (tertiary/aromatic N) is 2. The highest BCUT2D eigenvalue weighted by Gasteiger charge is 2.08. The Labute approximate surface area is 184 Å². The van der Waals surface area contributed by atoms with E-state index in [2.05, 4.69) is 31.0 Å². The van der Waals surface area contributed by atoms with Gasteiger partial charge in [-0.3, -0.25) is 9.59 Å². The molecule has 0 radical (unpaired) electrons. The number of aromatic nitrogens is 2. The number of nitrogens with one attached hydrogen (secondary N) is 4. The summed E-state index contributed by atoms with van der Waals surface area (Å²) in [6.07, 6.45) is 3.25. The van der Waals surface area contributed by atoms with E-state index >= 15 is 0 Å². The van der Waals surface area contributed by atoms with Crippen LogP contribution in [0.15, 0.2) is 58.7 Å². The molecule has 2 heterocycles. The summed E-state index contributed by atoms with van der Waals surface area (Å²) in [6, 6.07) is 15.8. The topological polar surface area (TPSA) is 114 Å². The summed E-state index contributed by atoms with van der Waals surface area (Å²) >= 11 is 0. The summed E-state index contributed by atoms with van der Waals surface area (Å²) in [7, 11) is 0. The Bertz CT molecular complexity index is 1240. The zero-order valence-corrected chi connectivity index (χ0v) is 17.9. The number of carbonyl (C=O) groups excluding carboxylic acids is 2.